The molecule has 0 saturated heterocycles. The number of nitrogens with one attached hydrogen (secondary N) is 1. The van der Waals surface area contributed by atoms with Crippen LogP contribution < -0.4 is 11.1 Å². The van der Waals surface area contributed by atoms with Crippen LogP contribution in [-0.4, -0.2) is 11.7 Å². The van der Waals surface area contributed by atoms with Crippen LogP contribution in [0, 0.1) is 0 Å². The van der Waals surface area contributed by atoms with Crippen molar-refractivity contribution in [3.63, 3.8) is 0 Å². The lowest BCUT2D eigenvalue weighted by molar-refractivity contribution is 0.482. The van der Waals surface area contributed by atoms with Crippen molar-refractivity contribution in [2.24, 2.45) is 0 Å². The molecule has 0 saturated carbocycles. The number of phenols is 1. The minimum absolute atomic E-state index is 0.294. The van der Waals surface area contributed by atoms with E-state index in [1.807, 2.05) is 18.2 Å². The molecular weight excluding hydrogens is 200 g/mol. The maximum absolute atomic E-state index is 9.95. The number of aromatic hydroxyl groups is 1. The van der Waals surface area contributed by atoms with E-state index in [1.165, 1.54) is 5.56 Å². The molecule has 2 aromatic rings. The van der Waals surface area contributed by atoms with Crippen LogP contribution in [0.2, 0.25) is 0 Å². The van der Waals surface area contributed by atoms with E-state index in [4.69, 9.17) is 5.73 Å². The highest BCUT2D eigenvalue weighted by molar-refractivity contribution is 6.03. The average Bonchev–Trinajstić information content (AvgIpc) is 2.61. The maximum Gasteiger partial charge on any atom is 0.125 e. The van der Waals surface area contributed by atoms with Crippen LogP contribution in [0.15, 0.2) is 24.3 Å². The van der Waals surface area contributed by atoms with Crippen molar-refractivity contribution >= 4 is 22.1 Å². The Labute approximate surface area is 93.9 Å². The Morgan fingerprint density at radius 2 is 2.25 bits per heavy atom. The Morgan fingerprint density at radius 3 is 3.06 bits per heavy atom. The quantitative estimate of drug-likeness (QED) is 0.591. The lowest BCUT2D eigenvalue weighted by Gasteiger charge is -2.12. The first-order valence-corrected chi connectivity index (χ1v) is 5.46. The largest absolute Gasteiger partial charge is 0.507 e. The Morgan fingerprint density at radius 1 is 1.44 bits per heavy atom. The number of benzene rings is 2. The van der Waals surface area contributed by atoms with Crippen molar-refractivity contribution in [2.45, 2.75) is 12.8 Å². The summed E-state index contributed by atoms with van der Waals surface area (Å²) in [5, 5.41) is 15.1. The summed E-state index contributed by atoms with van der Waals surface area (Å²) in [6.07, 6.45) is 0. The van der Waals surface area contributed by atoms with Gasteiger partial charge in [-0.3, -0.25) is 0 Å². The van der Waals surface area contributed by atoms with Gasteiger partial charge < -0.3 is 16.2 Å². The van der Waals surface area contributed by atoms with Crippen LogP contribution in [0.1, 0.15) is 18.4 Å². The van der Waals surface area contributed by atoms with E-state index in [9.17, 15) is 5.11 Å². The van der Waals surface area contributed by atoms with Gasteiger partial charge in [-0.25, -0.2) is 0 Å². The van der Waals surface area contributed by atoms with E-state index in [2.05, 4.69) is 12.2 Å². The molecule has 3 heteroatoms. The summed E-state index contributed by atoms with van der Waals surface area (Å²) in [6.45, 7) is 3.07. The van der Waals surface area contributed by atoms with Gasteiger partial charge in [-0.2, -0.15) is 0 Å². The van der Waals surface area contributed by atoms with Crippen LogP contribution in [0.25, 0.3) is 10.8 Å². The fraction of sp³-hybridized carbons (Fsp3) is 0.231. The fourth-order valence-corrected chi connectivity index (χ4v) is 2.53. The SMILES string of the molecule is CC1CNc2cc(O)c3cccc(N)c3c21. The van der Waals surface area contributed by atoms with Crippen LogP contribution in [-0.2, 0) is 0 Å². The topological polar surface area (TPSA) is 58.3 Å². The van der Waals surface area contributed by atoms with Crippen molar-refractivity contribution in [2.75, 3.05) is 17.6 Å². The molecule has 1 unspecified atom stereocenters. The lowest BCUT2D eigenvalue weighted by Crippen LogP contribution is -1.97. The van der Waals surface area contributed by atoms with Gasteiger partial charge in [0.05, 0.1) is 0 Å². The first kappa shape index (κ1) is 9.33. The molecule has 0 amide bonds. The van der Waals surface area contributed by atoms with Gasteiger partial charge in [-0.1, -0.05) is 19.1 Å². The molecule has 2 aromatic carbocycles. The van der Waals surface area contributed by atoms with Crippen molar-refractivity contribution in [1.82, 2.24) is 0 Å². The Bertz CT molecular complexity index is 578. The molecule has 82 valence electrons. The summed E-state index contributed by atoms with van der Waals surface area (Å²) in [4.78, 5) is 0. The number of hydrogen-bond acceptors (Lipinski definition) is 3. The molecular formula is C13H14N2O. The molecule has 0 radical (unpaired) electrons. The molecule has 1 atom stereocenters. The predicted octanol–water partition coefficient (Wildman–Crippen LogP) is 2.66. The monoisotopic (exact) mass is 214 g/mol. The van der Waals surface area contributed by atoms with Crippen molar-refractivity contribution in [3.8, 4) is 5.75 Å². The number of anilines is 2. The van der Waals surface area contributed by atoms with Gasteiger partial charge in [-0.15, -0.1) is 0 Å². The molecule has 16 heavy (non-hydrogen) atoms. The van der Waals surface area contributed by atoms with E-state index in [0.29, 0.717) is 11.7 Å². The molecule has 3 rings (SSSR count). The number of rotatable bonds is 0. The predicted molar refractivity (Wildman–Crippen MR) is 66.9 cm³/mol. The molecule has 0 bridgehead atoms. The van der Waals surface area contributed by atoms with Gasteiger partial charge in [0.2, 0.25) is 0 Å². The zero-order chi connectivity index (χ0) is 11.3. The molecule has 0 spiro atoms. The van der Waals surface area contributed by atoms with Gasteiger partial charge >= 0.3 is 0 Å². The molecule has 0 aromatic heterocycles. The van der Waals surface area contributed by atoms with E-state index in [-0.39, 0.29) is 0 Å². The summed E-state index contributed by atoms with van der Waals surface area (Å²) in [5.74, 6) is 0.727. The van der Waals surface area contributed by atoms with E-state index >= 15 is 0 Å². The summed E-state index contributed by atoms with van der Waals surface area (Å²) in [7, 11) is 0. The summed E-state index contributed by atoms with van der Waals surface area (Å²) in [6, 6.07) is 7.46. The maximum atomic E-state index is 9.95. The Hall–Kier alpha value is -1.90. The van der Waals surface area contributed by atoms with Gasteiger partial charge in [0.25, 0.3) is 0 Å². The molecule has 0 aliphatic carbocycles. The second kappa shape index (κ2) is 3.04. The van der Waals surface area contributed by atoms with Crippen LogP contribution in [0.3, 0.4) is 0 Å². The van der Waals surface area contributed by atoms with Crippen LogP contribution in [0.4, 0.5) is 11.4 Å². The zero-order valence-corrected chi connectivity index (χ0v) is 9.12. The highest BCUT2D eigenvalue weighted by Crippen LogP contribution is 2.43. The fourth-order valence-electron chi connectivity index (χ4n) is 2.53. The van der Waals surface area contributed by atoms with E-state index in [0.717, 1.165) is 28.7 Å². The third-order valence-electron chi connectivity index (χ3n) is 3.30. The van der Waals surface area contributed by atoms with Crippen molar-refractivity contribution in [1.29, 1.82) is 0 Å². The van der Waals surface area contributed by atoms with Gasteiger partial charge in [0.15, 0.2) is 0 Å². The third kappa shape index (κ3) is 1.08. The Kier molecular flexibility index (Phi) is 1.78. The number of nitrogens with two attached hydrogens (primary N) is 1. The first-order valence-electron chi connectivity index (χ1n) is 5.46. The molecule has 4 N–H and O–H groups in total. The second-order valence-electron chi connectivity index (χ2n) is 4.41. The highest BCUT2D eigenvalue weighted by Gasteiger charge is 2.23. The number of phenolic OH excluding ortho intramolecular Hbond substituents is 1. The number of fused-ring (bicyclic) bond motifs is 3. The summed E-state index contributed by atoms with van der Waals surface area (Å²) < 4.78 is 0. The molecule has 0 fully saturated rings. The minimum Gasteiger partial charge on any atom is -0.507 e. The summed E-state index contributed by atoms with van der Waals surface area (Å²) in [5.41, 5.74) is 9.00. The minimum atomic E-state index is 0.294. The van der Waals surface area contributed by atoms with Gasteiger partial charge in [-0.05, 0) is 11.6 Å². The molecule has 3 nitrogen and oxygen atoms in total. The van der Waals surface area contributed by atoms with E-state index in [1.54, 1.807) is 6.07 Å². The smallest absolute Gasteiger partial charge is 0.125 e. The van der Waals surface area contributed by atoms with Crippen LogP contribution in [0.5, 0.6) is 5.75 Å². The first-order chi connectivity index (χ1) is 7.68. The van der Waals surface area contributed by atoms with Gasteiger partial charge in [0, 0.05) is 40.7 Å². The molecule has 1 aliphatic heterocycles. The van der Waals surface area contributed by atoms with Gasteiger partial charge in [0.1, 0.15) is 5.75 Å². The molecule has 1 heterocycles. The van der Waals surface area contributed by atoms with Crippen LogP contribution >= 0.6 is 0 Å². The Balaban J connectivity index is 2.50. The highest BCUT2D eigenvalue weighted by atomic mass is 16.3. The van der Waals surface area contributed by atoms with Crippen molar-refractivity contribution < 1.29 is 5.11 Å². The van der Waals surface area contributed by atoms with E-state index < -0.39 is 0 Å². The number of hydrogen-bond donors (Lipinski definition) is 3. The van der Waals surface area contributed by atoms with Crippen molar-refractivity contribution in [3.05, 3.63) is 29.8 Å². The lowest BCUT2D eigenvalue weighted by atomic mass is 9.94. The average molecular weight is 214 g/mol. The third-order valence-corrected chi connectivity index (χ3v) is 3.30. The number of nitrogen functional groups attached to an aromatic ring is 1. The zero-order valence-electron chi connectivity index (χ0n) is 9.12. The standard InChI is InChI=1S/C13H14N2O/c1-7-6-15-10-5-11(16)8-3-2-4-9(14)13(8)12(7)10/h2-5,7,15-16H,6,14H2,1H3. The normalized spacial score (nSPS) is 18.4. The summed E-state index contributed by atoms with van der Waals surface area (Å²) >= 11 is 0. The second-order valence-corrected chi connectivity index (χ2v) is 4.41. The molecule has 1 aliphatic rings.